The van der Waals surface area contributed by atoms with Crippen molar-refractivity contribution < 1.29 is 24.9 Å². The summed E-state index contributed by atoms with van der Waals surface area (Å²) in [6.07, 6.45) is -0.0956. The van der Waals surface area contributed by atoms with Crippen LogP contribution in [0.1, 0.15) is 24.0 Å². The number of aliphatic hydroxyl groups is 3. The molecule has 2 atom stereocenters. The number of hydrogen-bond acceptors (Lipinski definition) is 6. The van der Waals surface area contributed by atoms with E-state index >= 15 is 0 Å². The van der Waals surface area contributed by atoms with Crippen molar-refractivity contribution in [2.75, 3.05) is 13.2 Å². The minimum Gasteiger partial charge on any atom is -0.512 e. The van der Waals surface area contributed by atoms with Crippen LogP contribution >= 0.6 is 0 Å². The van der Waals surface area contributed by atoms with E-state index in [0.29, 0.717) is 6.54 Å². The highest BCUT2D eigenvalue weighted by Gasteiger charge is 2.38. The van der Waals surface area contributed by atoms with Gasteiger partial charge in [0.2, 0.25) is 11.8 Å². The summed E-state index contributed by atoms with van der Waals surface area (Å²) in [5.74, 6) is -1.27. The van der Waals surface area contributed by atoms with Gasteiger partial charge in [-0.05, 0) is 18.6 Å². The highest BCUT2D eigenvalue weighted by Crippen LogP contribution is 2.20. The Labute approximate surface area is 157 Å². The minimum atomic E-state index is -0.817. The fraction of sp³-hybridized carbons (Fsp3) is 0.421. The van der Waals surface area contributed by atoms with E-state index in [1.165, 1.54) is 4.90 Å². The fourth-order valence-electron chi connectivity index (χ4n) is 2.91. The van der Waals surface area contributed by atoms with Gasteiger partial charge in [-0.15, -0.1) is 0 Å². The van der Waals surface area contributed by atoms with Gasteiger partial charge in [0.1, 0.15) is 11.8 Å². The molecule has 0 aliphatic carbocycles. The number of nitrogens with zero attached hydrogens (tertiary/aromatic N) is 1. The molecule has 1 heterocycles. The van der Waals surface area contributed by atoms with Crippen molar-refractivity contribution in [2.24, 2.45) is 0 Å². The Morgan fingerprint density at radius 3 is 2.63 bits per heavy atom. The number of rotatable bonds is 7. The molecule has 1 aliphatic heterocycles. The summed E-state index contributed by atoms with van der Waals surface area (Å²) in [4.78, 5) is 26.1. The van der Waals surface area contributed by atoms with Gasteiger partial charge in [-0.3, -0.25) is 9.59 Å². The maximum atomic E-state index is 12.5. The second kappa shape index (κ2) is 9.29. The Morgan fingerprint density at radius 2 is 2.00 bits per heavy atom. The molecule has 1 aliphatic rings. The first-order valence-electron chi connectivity index (χ1n) is 8.68. The van der Waals surface area contributed by atoms with Crippen molar-refractivity contribution in [3.63, 3.8) is 0 Å². The van der Waals surface area contributed by atoms with Crippen LogP contribution in [0.2, 0.25) is 0 Å². The highest BCUT2D eigenvalue weighted by molar-refractivity contribution is 5.94. The van der Waals surface area contributed by atoms with Gasteiger partial charge in [-0.2, -0.15) is 0 Å². The largest absolute Gasteiger partial charge is 0.512 e. The van der Waals surface area contributed by atoms with Crippen molar-refractivity contribution in [1.82, 2.24) is 10.2 Å². The second-order valence-electron chi connectivity index (χ2n) is 6.65. The van der Waals surface area contributed by atoms with E-state index in [-0.39, 0.29) is 30.3 Å². The fourth-order valence-corrected chi connectivity index (χ4v) is 2.91. The first-order chi connectivity index (χ1) is 12.8. The van der Waals surface area contributed by atoms with Crippen molar-refractivity contribution >= 4 is 17.5 Å². The molecule has 0 bridgehead atoms. The third-order valence-electron chi connectivity index (χ3n) is 4.33. The summed E-state index contributed by atoms with van der Waals surface area (Å²) in [6, 6.07) is 6.87. The van der Waals surface area contributed by atoms with E-state index in [1.54, 1.807) is 0 Å². The third kappa shape index (κ3) is 5.90. The molecule has 2 amide bonds. The van der Waals surface area contributed by atoms with Crippen LogP contribution in [0.5, 0.6) is 0 Å². The van der Waals surface area contributed by atoms with E-state index in [0.717, 1.165) is 17.2 Å². The summed E-state index contributed by atoms with van der Waals surface area (Å²) < 4.78 is 0. The Morgan fingerprint density at radius 1 is 1.33 bits per heavy atom. The topological polar surface area (TPSA) is 134 Å². The Kier molecular flexibility index (Phi) is 7.09. The number of hydrogen-bond donors (Lipinski definition) is 5. The Bertz CT molecular complexity index is 729. The van der Waals surface area contributed by atoms with Crippen LogP contribution in [0.4, 0.5) is 0 Å². The SMILES string of the molecule is Cc1ccc(CNC(=O)[C@@H]2C[C@@H](O)CN2C(=O)C/C(O)=C/C(=N)CO)cc1. The van der Waals surface area contributed by atoms with Crippen LogP contribution in [0.25, 0.3) is 0 Å². The van der Waals surface area contributed by atoms with Crippen LogP contribution in [0, 0.1) is 12.3 Å². The smallest absolute Gasteiger partial charge is 0.243 e. The number of nitrogens with one attached hydrogen (secondary N) is 2. The first kappa shape index (κ1) is 20.6. The molecule has 146 valence electrons. The number of amides is 2. The van der Waals surface area contributed by atoms with Crippen LogP contribution in [-0.4, -0.2) is 63.0 Å². The number of aryl methyl sites for hydroxylation is 1. The predicted molar refractivity (Wildman–Crippen MR) is 99.3 cm³/mol. The molecule has 1 fully saturated rings. The number of carbonyl (C=O) groups excluding carboxylic acids is 2. The van der Waals surface area contributed by atoms with Gasteiger partial charge < -0.3 is 30.9 Å². The number of carbonyl (C=O) groups is 2. The number of aliphatic hydroxyl groups excluding tert-OH is 3. The highest BCUT2D eigenvalue weighted by atomic mass is 16.3. The standard InChI is InChI=1S/C19H25N3O5/c1-12-2-4-13(5-3-12)9-21-19(27)17-7-16(25)10-22(17)18(26)8-15(24)6-14(20)11-23/h2-6,16-17,20,23-25H,7-11H2,1H3,(H,21,27)/b15-6-,20-14?/t16-,17+/m1/s1. The molecular weight excluding hydrogens is 350 g/mol. The van der Waals surface area contributed by atoms with Gasteiger partial charge >= 0.3 is 0 Å². The first-order valence-corrected chi connectivity index (χ1v) is 8.68. The van der Waals surface area contributed by atoms with Crippen molar-refractivity contribution in [1.29, 1.82) is 5.41 Å². The second-order valence-corrected chi connectivity index (χ2v) is 6.65. The zero-order valence-electron chi connectivity index (χ0n) is 15.2. The Balaban J connectivity index is 1.98. The molecule has 0 spiro atoms. The zero-order chi connectivity index (χ0) is 20.0. The lowest BCUT2D eigenvalue weighted by atomic mass is 10.1. The molecule has 2 rings (SSSR count). The van der Waals surface area contributed by atoms with E-state index in [9.17, 15) is 19.8 Å². The van der Waals surface area contributed by atoms with Crippen LogP contribution in [-0.2, 0) is 16.1 Å². The molecular formula is C19H25N3O5. The lowest BCUT2D eigenvalue weighted by molar-refractivity contribution is -0.138. The van der Waals surface area contributed by atoms with Gasteiger partial charge in [0.15, 0.2) is 0 Å². The van der Waals surface area contributed by atoms with Gasteiger partial charge in [0.05, 0.1) is 24.8 Å². The lowest BCUT2D eigenvalue weighted by Gasteiger charge is -2.23. The monoisotopic (exact) mass is 375 g/mol. The van der Waals surface area contributed by atoms with Gasteiger partial charge in [-0.1, -0.05) is 29.8 Å². The molecule has 8 nitrogen and oxygen atoms in total. The average Bonchev–Trinajstić information content (AvgIpc) is 3.02. The van der Waals surface area contributed by atoms with Gasteiger partial charge in [0, 0.05) is 19.5 Å². The molecule has 0 saturated carbocycles. The van der Waals surface area contributed by atoms with Gasteiger partial charge in [0.25, 0.3) is 0 Å². The molecule has 0 radical (unpaired) electrons. The number of β-amino-alcohol motifs (C(OH)–C–C–N with tert-alkyl or cyclic N) is 1. The molecule has 1 aromatic carbocycles. The van der Waals surface area contributed by atoms with Gasteiger partial charge in [-0.25, -0.2) is 0 Å². The van der Waals surface area contributed by atoms with Crippen LogP contribution < -0.4 is 5.32 Å². The molecule has 1 aromatic rings. The van der Waals surface area contributed by atoms with Crippen molar-refractivity contribution in [2.45, 2.75) is 38.5 Å². The minimum absolute atomic E-state index is 0.00613. The molecule has 5 N–H and O–H groups in total. The average molecular weight is 375 g/mol. The van der Waals surface area contributed by atoms with Crippen LogP contribution in [0.15, 0.2) is 36.1 Å². The normalized spacial score (nSPS) is 19.8. The summed E-state index contributed by atoms with van der Waals surface area (Å²) in [5, 5.41) is 38.5. The zero-order valence-corrected chi connectivity index (χ0v) is 15.2. The van der Waals surface area contributed by atoms with E-state index in [1.807, 2.05) is 31.2 Å². The number of likely N-dealkylation sites (tertiary alicyclic amines) is 1. The summed E-state index contributed by atoms with van der Waals surface area (Å²) >= 11 is 0. The summed E-state index contributed by atoms with van der Waals surface area (Å²) in [5.41, 5.74) is 1.81. The van der Waals surface area contributed by atoms with Crippen LogP contribution in [0.3, 0.4) is 0 Å². The molecule has 0 unspecified atom stereocenters. The maximum absolute atomic E-state index is 12.5. The Hall–Kier alpha value is -2.71. The predicted octanol–water partition coefficient (Wildman–Crippen LogP) is 0.417. The third-order valence-corrected chi connectivity index (χ3v) is 4.33. The molecule has 0 aromatic heterocycles. The quantitative estimate of drug-likeness (QED) is 0.348. The van der Waals surface area contributed by atoms with Crippen molar-refractivity contribution in [3.8, 4) is 0 Å². The van der Waals surface area contributed by atoms with Crippen molar-refractivity contribution in [3.05, 3.63) is 47.2 Å². The number of benzene rings is 1. The summed E-state index contributed by atoms with van der Waals surface area (Å²) in [7, 11) is 0. The van der Waals surface area contributed by atoms with E-state index < -0.39 is 31.1 Å². The van der Waals surface area contributed by atoms with E-state index in [4.69, 9.17) is 10.5 Å². The maximum Gasteiger partial charge on any atom is 0.243 e. The lowest BCUT2D eigenvalue weighted by Crippen LogP contribution is -2.45. The summed E-state index contributed by atoms with van der Waals surface area (Å²) in [6.45, 7) is 1.74. The molecule has 27 heavy (non-hydrogen) atoms. The molecule has 1 saturated heterocycles. The van der Waals surface area contributed by atoms with E-state index in [2.05, 4.69) is 5.32 Å². The molecule has 8 heteroatoms.